The van der Waals surface area contributed by atoms with Gasteiger partial charge in [0.25, 0.3) is 11.8 Å². The lowest BCUT2D eigenvalue weighted by Gasteiger charge is -2.34. The number of carbonyl (C=O) groups excluding carboxylic acids is 2. The van der Waals surface area contributed by atoms with E-state index in [1.807, 2.05) is 46.8 Å². The number of piperazine rings is 1. The van der Waals surface area contributed by atoms with E-state index < -0.39 is 18.0 Å². The van der Waals surface area contributed by atoms with Crippen LogP contribution in [0.1, 0.15) is 26.4 Å². The van der Waals surface area contributed by atoms with Gasteiger partial charge in [-0.05, 0) is 72.3 Å². The molecule has 0 bridgehead atoms. The Morgan fingerprint density at radius 3 is 2.16 bits per heavy atom. The van der Waals surface area contributed by atoms with Crippen LogP contribution in [0.3, 0.4) is 0 Å². The fraction of sp³-hybridized carbons (Fsp3) is 0.250. The number of aryl methyl sites for hydroxylation is 1. The van der Waals surface area contributed by atoms with Crippen LogP contribution >= 0.6 is 0 Å². The molecule has 0 aliphatic carbocycles. The summed E-state index contributed by atoms with van der Waals surface area (Å²) >= 11 is 0. The monoisotopic (exact) mass is 673 g/mol. The number of amides is 2. The number of aromatic nitrogens is 2. The summed E-state index contributed by atoms with van der Waals surface area (Å²) in [4.78, 5) is 36.3. The Labute approximate surface area is 280 Å². The maximum Gasteiger partial charge on any atom is 0.573 e. The number of fused-ring (bicyclic) bond motifs is 1. The van der Waals surface area contributed by atoms with Crippen molar-refractivity contribution in [2.45, 2.75) is 12.9 Å². The van der Waals surface area contributed by atoms with Crippen LogP contribution in [0.4, 0.5) is 18.9 Å². The molecule has 1 saturated heterocycles. The number of methoxy groups -OCH3 is 1. The quantitative estimate of drug-likeness (QED) is 0.176. The normalized spacial score (nSPS) is 13.7. The molecule has 0 saturated carbocycles. The molecule has 0 radical (unpaired) electrons. The predicted octanol–water partition coefficient (Wildman–Crippen LogP) is 6.51. The van der Waals surface area contributed by atoms with Crippen molar-refractivity contribution in [3.05, 3.63) is 108 Å². The van der Waals surface area contributed by atoms with Gasteiger partial charge in [-0.15, -0.1) is 13.2 Å². The third kappa shape index (κ3) is 7.78. The van der Waals surface area contributed by atoms with E-state index in [2.05, 4.69) is 26.8 Å². The summed E-state index contributed by atoms with van der Waals surface area (Å²) in [5.74, 6) is 0.763. The van der Waals surface area contributed by atoms with Gasteiger partial charge in [0.15, 0.2) is 0 Å². The van der Waals surface area contributed by atoms with Gasteiger partial charge in [-0.3, -0.25) is 14.5 Å². The highest BCUT2D eigenvalue weighted by Gasteiger charge is 2.31. The van der Waals surface area contributed by atoms with E-state index in [1.165, 1.54) is 35.8 Å². The first-order valence-electron chi connectivity index (χ1n) is 15.5. The Kier molecular flexibility index (Phi) is 9.45. The molecule has 0 atom stereocenters. The van der Waals surface area contributed by atoms with Gasteiger partial charge in [0.1, 0.15) is 22.9 Å². The maximum atomic E-state index is 13.5. The van der Waals surface area contributed by atoms with Crippen LogP contribution in [0.5, 0.6) is 23.1 Å². The number of hydrogen-bond donors (Lipinski definition) is 0. The van der Waals surface area contributed by atoms with E-state index in [4.69, 9.17) is 9.47 Å². The molecule has 2 aromatic heterocycles. The number of alkyl halides is 3. The standard InChI is InChI=1S/C36H34F3N5O5/c1-41(34(45)25-6-11-29(12-7-25)49-36(37,38)39)27-8-15-33(40-22-27)48-30-13-14-31-26(20-30)21-32(42(31)2)35(46)44-18-16-43(17-19-44)23-24-4-9-28(47-3)10-5-24/h4-15,20-22H,16-19,23H2,1-3H3. The third-order valence-electron chi connectivity index (χ3n) is 8.43. The smallest absolute Gasteiger partial charge is 0.497 e. The molecule has 0 spiro atoms. The number of carbonyl (C=O) groups is 2. The number of hydrogen-bond acceptors (Lipinski definition) is 7. The molecule has 49 heavy (non-hydrogen) atoms. The van der Waals surface area contributed by atoms with Crippen LogP contribution in [0.2, 0.25) is 0 Å². The highest BCUT2D eigenvalue weighted by molar-refractivity contribution is 6.05. The molecule has 0 unspecified atom stereocenters. The fourth-order valence-corrected chi connectivity index (χ4v) is 5.72. The second-order valence-electron chi connectivity index (χ2n) is 11.6. The SMILES string of the molecule is COc1ccc(CN2CCN(C(=O)c3cc4cc(Oc5ccc(N(C)C(=O)c6ccc(OC(F)(F)F)cc6)cn5)ccc4n3C)CC2)cc1. The zero-order valence-corrected chi connectivity index (χ0v) is 27.1. The van der Waals surface area contributed by atoms with Crippen molar-refractivity contribution in [3.8, 4) is 23.1 Å². The van der Waals surface area contributed by atoms with Crippen molar-refractivity contribution in [2.24, 2.45) is 7.05 Å². The summed E-state index contributed by atoms with van der Waals surface area (Å²) in [6.45, 7) is 3.65. The Morgan fingerprint density at radius 2 is 1.53 bits per heavy atom. The molecule has 1 fully saturated rings. The lowest BCUT2D eigenvalue weighted by Crippen LogP contribution is -2.48. The van der Waals surface area contributed by atoms with E-state index in [9.17, 15) is 22.8 Å². The molecular formula is C36H34F3N5O5. The largest absolute Gasteiger partial charge is 0.573 e. The minimum Gasteiger partial charge on any atom is -0.497 e. The lowest BCUT2D eigenvalue weighted by molar-refractivity contribution is -0.274. The van der Waals surface area contributed by atoms with Crippen LogP contribution in [0.15, 0.2) is 91.1 Å². The molecule has 5 aromatic rings. The summed E-state index contributed by atoms with van der Waals surface area (Å²) in [7, 11) is 5.06. The van der Waals surface area contributed by atoms with Crippen molar-refractivity contribution in [1.29, 1.82) is 0 Å². The molecule has 6 rings (SSSR count). The first kappa shape index (κ1) is 33.3. The predicted molar refractivity (Wildman–Crippen MR) is 177 cm³/mol. The second-order valence-corrected chi connectivity index (χ2v) is 11.6. The molecule has 1 aliphatic rings. The Balaban J connectivity index is 1.06. The molecule has 13 heteroatoms. The summed E-state index contributed by atoms with van der Waals surface area (Å²) in [5, 5.41) is 0.843. The van der Waals surface area contributed by atoms with Crippen LogP contribution in [0, 0.1) is 0 Å². The van der Waals surface area contributed by atoms with E-state index >= 15 is 0 Å². The van der Waals surface area contributed by atoms with Crippen LogP contribution < -0.4 is 19.1 Å². The topological polar surface area (TPSA) is 89.4 Å². The van der Waals surface area contributed by atoms with Crippen molar-refractivity contribution in [1.82, 2.24) is 19.4 Å². The number of nitrogens with zero attached hydrogens (tertiary/aromatic N) is 5. The molecule has 254 valence electrons. The molecule has 2 amide bonds. The molecule has 1 aliphatic heterocycles. The highest BCUT2D eigenvalue weighted by Crippen LogP contribution is 2.29. The maximum absolute atomic E-state index is 13.5. The van der Waals surface area contributed by atoms with Crippen molar-refractivity contribution >= 4 is 28.4 Å². The Hall–Kier alpha value is -5.56. The summed E-state index contributed by atoms with van der Waals surface area (Å²) in [6.07, 6.45) is -3.36. The minimum absolute atomic E-state index is 0.0215. The molecule has 3 heterocycles. The van der Waals surface area contributed by atoms with Gasteiger partial charge in [0.2, 0.25) is 5.88 Å². The van der Waals surface area contributed by atoms with Crippen LogP contribution in [-0.2, 0) is 13.6 Å². The molecule has 10 nitrogen and oxygen atoms in total. The summed E-state index contributed by atoms with van der Waals surface area (Å²) < 4.78 is 54.3. The van der Waals surface area contributed by atoms with Gasteiger partial charge >= 0.3 is 6.36 Å². The number of rotatable bonds is 9. The minimum atomic E-state index is -4.82. The van der Waals surface area contributed by atoms with E-state index in [0.29, 0.717) is 30.2 Å². The molecule has 0 N–H and O–H groups in total. The lowest BCUT2D eigenvalue weighted by atomic mass is 10.2. The van der Waals surface area contributed by atoms with E-state index in [0.717, 1.165) is 48.4 Å². The fourth-order valence-electron chi connectivity index (χ4n) is 5.72. The van der Waals surface area contributed by atoms with Gasteiger partial charge in [-0.1, -0.05) is 12.1 Å². The van der Waals surface area contributed by atoms with E-state index in [-0.39, 0.29) is 17.4 Å². The van der Waals surface area contributed by atoms with Gasteiger partial charge in [-0.2, -0.15) is 0 Å². The van der Waals surface area contributed by atoms with Gasteiger partial charge in [0, 0.05) is 69.4 Å². The zero-order chi connectivity index (χ0) is 34.7. The average molecular weight is 674 g/mol. The van der Waals surface area contributed by atoms with Crippen LogP contribution in [-0.4, -0.2) is 77.9 Å². The number of pyridine rings is 1. The Morgan fingerprint density at radius 1 is 0.857 bits per heavy atom. The van der Waals surface area contributed by atoms with Gasteiger partial charge in [0.05, 0.1) is 19.0 Å². The van der Waals surface area contributed by atoms with Gasteiger partial charge < -0.3 is 28.6 Å². The van der Waals surface area contributed by atoms with Crippen LogP contribution in [0.25, 0.3) is 10.9 Å². The van der Waals surface area contributed by atoms with Crippen molar-refractivity contribution in [2.75, 3.05) is 45.2 Å². The number of benzene rings is 3. The number of halogens is 3. The Bertz CT molecular complexity index is 1940. The first-order chi connectivity index (χ1) is 23.5. The number of anilines is 1. The third-order valence-corrected chi connectivity index (χ3v) is 8.43. The zero-order valence-electron chi connectivity index (χ0n) is 27.1. The second kappa shape index (κ2) is 13.9. The first-order valence-corrected chi connectivity index (χ1v) is 15.5. The highest BCUT2D eigenvalue weighted by atomic mass is 19.4. The molecule has 3 aromatic carbocycles. The summed E-state index contributed by atoms with van der Waals surface area (Å²) in [5.41, 5.74) is 3.31. The van der Waals surface area contributed by atoms with Crippen molar-refractivity contribution < 1.29 is 37.0 Å². The molecular weight excluding hydrogens is 639 g/mol. The summed E-state index contributed by atoms with van der Waals surface area (Å²) in [6, 6.07) is 23.4. The average Bonchev–Trinajstić information content (AvgIpc) is 3.43. The van der Waals surface area contributed by atoms with Crippen molar-refractivity contribution in [3.63, 3.8) is 0 Å². The number of ether oxygens (including phenoxy) is 3. The van der Waals surface area contributed by atoms with Gasteiger partial charge in [-0.25, -0.2) is 4.98 Å². The van der Waals surface area contributed by atoms with E-state index in [1.54, 1.807) is 25.3 Å².